The van der Waals surface area contributed by atoms with Gasteiger partial charge in [0, 0.05) is 32.9 Å². The molecule has 1 aliphatic rings. The van der Waals surface area contributed by atoms with E-state index in [1.165, 1.54) is 19.5 Å². The standard InChI is InChI=1S/C10H21N3/c1-4-12(3)11-6-8-13-7-5-10(2)9-13/h4,10-11H,1,5-9H2,2-3H3/t10-/m1/s1. The molecule has 0 amide bonds. The molecule has 0 unspecified atom stereocenters. The summed E-state index contributed by atoms with van der Waals surface area (Å²) in [5.41, 5.74) is 3.25. The molecular weight excluding hydrogens is 162 g/mol. The minimum atomic E-state index is 0.886. The van der Waals surface area contributed by atoms with E-state index in [4.69, 9.17) is 0 Å². The highest BCUT2D eigenvalue weighted by atomic mass is 15.5. The quantitative estimate of drug-likeness (QED) is 0.639. The second kappa shape index (κ2) is 5.25. The molecule has 1 saturated heterocycles. The van der Waals surface area contributed by atoms with Crippen LogP contribution in [0.3, 0.4) is 0 Å². The van der Waals surface area contributed by atoms with Crippen molar-refractivity contribution in [2.45, 2.75) is 13.3 Å². The zero-order chi connectivity index (χ0) is 9.68. The van der Waals surface area contributed by atoms with E-state index in [2.05, 4.69) is 23.8 Å². The molecule has 0 spiro atoms. The normalized spacial score (nSPS) is 23.4. The molecule has 0 bridgehead atoms. The molecular formula is C10H21N3. The zero-order valence-electron chi connectivity index (χ0n) is 8.79. The van der Waals surface area contributed by atoms with Crippen LogP contribution >= 0.6 is 0 Å². The van der Waals surface area contributed by atoms with Gasteiger partial charge in [-0.3, -0.25) is 0 Å². The highest BCUT2D eigenvalue weighted by Crippen LogP contribution is 2.13. The van der Waals surface area contributed by atoms with Gasteiger partial charge >= 0.3 is 0 Å². The molecule has 1 N–H and O–H groups in total. The van der Waals surface area contributed by atoms with Gasteiger partial charge in [0.2, 0.25) is 0 Å². The van der Waals surface area contributed by atoms with Crippen molar-refractivity contribution in [1.29, 1.82) is 0 Å². The lowest BCUT2D eigenvalue weighted by Gasteiger charge is -2.19. The topological polar surface area (TPSA) is 18.5 Å². The molecule has 0 saturated carbocycles. The van der Waals surface area contributed by atoms with Crippen LogP contribution in [-0.4, -0.2) is 43.1 Å². The lowest BCUT2D eigenvalue weighted by molar-refractivity contribution is 0.269. The highest BCUT2D eigenvalue weighted by Gasteiger charge is 2.17. The van der Waals surface area contributed by atoms with Gasteiger partial charge in [0.1, 0.15) is 0 Å². The third-order valence-corrected chi connectivity index (χ3v) is 2.57. The Balaban J connectivity index is 2.03. The summed E-state index contributed by atoms with van der Waals surface area (Å²) in [7, 11) is 1.97. The van der Waals surface area contributed by atoms with Gasteiger partial charge in [0.25, 0.3) is 0 Å². The predicted octanol–water partition coefficient (Wildman–Crippen LogP) is 0.908. The molecule has 13 heavy (non-hydrogen) atoms. The molecule has 0 radical (unpaired) electrons. The number of nitrogens with one attached hydrogen (secondary N) is 1. The van der Waals surface area contributed by atoms with Crippen LogP contribution in [0.1, 0.15) is 13.3 Å². The van der Waals surface area contributed by atoms with Crippen LogP contribution in [0.2, 0.25) is 0 Å². The van der Waals surface area contributed by atoms with Gasteiger partial charge < -0.3 is 9.91 Å². The third-order valence-electron chi connectivity index (χ3n) is 2.57. The zero-order valence-corrected chi connectivity index (χ0v) is 8.79. The molecule has 0 aromatic heterocycles. The summed E-state index contributed by atoms with van der Waals surface area (Å²) in [4.78, 5) is 2.51. The summed E-state index contributed by atoms with van der Waals surface area (Å²) in [6.45, 7) is 10.7. The lowest BCUT2D eigenvalue weighted by atomic mass is 10.2. The molecule has 0 aromatic carbocycles. The van der Waals surface area contributed by atoms with E-state index in [1.54, 1.807) is 6.20 Å². The number of hydrazine groups is 1. The first-order valence-electron chi connectivity index (χ1n) is 5.03. The molecule has 3 heteroatoms. The maximum Gasteiger partial charge on any atom is 0.0277 e. The summed E-state index contributed by atoms with van der Waals surface area (Å²) in [5, 5.41) is 1.90. The number of likely N-dealkylation sites (tertiary alicyclic amines) is 1. The van der Waals surface area contributed by atoms with Gasteiger partial charge in [-0.1, -0.05) is 13.5 Å². The van der Waals surface area contributed by atoms with Crippen molar-refractivity contribution in [3.63, 3.8) is 0 Å². The maximum absolute atomic E-state index is 3.67. The summed E-state index contributed by atoms with van der Waals surface area (Å²) >= 11 is 0. The van der Waals surface area contributed by atoms with E-state index in [1.807, 2.05) is 12.1 Å². The van der Waals surface area contributed by atoms with Crippen LogP contribution < -0.4 is 5.43 Å². The van der Waals surface area contributed by atoms with Crippen molar-refractivity contribution < 1.29 is 0 Å². The molecule has 76 valence electrons. The smallest absolute Gasteiger partial charge is 0.0277 e. The minimum Gasteiger partial charge on any atom is -0.319 e. The van der Waals surface area contributed by atoms with Crippen molar-refractivity contribution in [2.75, 3.05) is 33.2 Å². The Labute approximate surface area is 81.4 Å². The van der Waals surface area contributed by atoms with Crippen LogP contribution in [0.4, 0.5) is 0 Å². The van der Waals surface area contributed by atoms with Gasteiger partial charge in [-0.2, -0.15) is 0 Å². The van der Waals surface area contributed by atoms with E-state index >= 15 is 0 Å². The average Bonchev–Trinajstić information content (AvgIpc) is 2.51. The summed E-state index contributed by atoms with van der Waals surface area (Å²) in [5.74, 6) is 0.886. The number of nitrogens with zero attached hydrogens (tertiary/aromatic N) is 2. The van der Waals surface area contributed by atoms with Crippen LogP contribution in [0, 0.1) is 5.92 Å². The van der Waals surface area contributed by atoms with Crippen molar-refractivity contribution in [2.24, 2.45) is 5.92 Å². The Morgan fingerprint density at radius 2 is 2.46 bits per heavy atom. The molecule has 1 fully saturated rings. The Morgan fingerprint density at radius 3 is 3.00 bits per heavy atom. The van der Waals surface area contributed by atoms with E-state index in [0.29, 0.717) is 0 Å². The highest BCUT2D eigenvalue weighted by molar-refractivity contribution is 4.72. The van der Waals surface area contributed by atoms with Crippen molar-refractivity contribution >= 4 is 0 Å². The van der Waals surface area contributed by atoms with Gasteiger partial charge in [-0.05, 0) is 18.9 Å². The monoisotopic (exact) mass is 183 g/mol. The fourth-order valence-electron chi connectivity index (χ4n) is 1.68. The predicted molar refractivity (Wildman–Crippen MR) is 56.2 cm³/mol. The number of rotatable bonds is 5. The van der Waals surface area contributed by atoms with Crippen LogP contribution in [0.25, 0.3) is 0 Å². The molecule has 3 nitrogen and oxygen atoms in total. The summed E-state index contributed by atoms with van der Waals surface area (Å²) in [6, 6.07) is 0. The fraction of sp³-hybridized carbons (Fsp3) is 0.800. The molecule has 0 aliphatic carbocycles. The molecule has 1 atom stereocenters. The third kappa shape index (κ3) is 3.79. The minimum absolute atomic E-state index is 0.886. The first-order valence-corrected chi connectivity index (χ1v) is 5.03. The van der Waals surface area contributed by atoms with E-state index in [0.717, 1.165) is 19.0 Å². The van der Waals surface area contributed by atoms with E-state index < -0.39 is 0 Å². The average molecular weight is 183 g/mol. The van der Waals surface area contributed by atoms with Crippen LogP contribution in [0.15, 0.2) is 12.8 Å². The summed E-state index contributed by atoms with van der Waals surface area (Å²) < 4.78 is 0. The Hall–Kier alpha value is -0.540. The second-order valence-corrected chi connectivity index (χ2v) is 3.90. The molecule has 1 heterocycles. The van der Waals surface area contributed by atoms with Gasteiger partial charge in [0.05, 0.1) is 0 Å². The van der Waals surface area contributed by atoms with Crippen molar-refractivity contribution in [3.05, 3.63) is 12.8 Å². The van der Waals surface area contributed by atoms with Gasteiger partial charge in [0.15, 0.2) is 0 Å². The van der Waals surface area contributed by atoms with Crippen molar-refractivity contribution in [3.8, 4) is 0 Å². The largest absolute Gasteiger partial charge is 0.319 e. The molecule has 1 rings (SSSR count). The number of hydrogen-bond acceptors (Lipinski definition) is 3. The first-order chi connectivity index (χ1) is 6.22. The molecule has 0 aromatic rings. The Kier molecular flexibility index (Phi) is 4.25. The van der Waals surface area contributed by atoms with Crippen molar-refractivity contribution in [1.82, 2.24) is 15.3 Å². The SMILES string of the molecule is C=CN(C)NCCN1CC[C@@H](C)C1. The van der Waals surface area contributed by atoms with E-state index in [-0.39, 0.29) is 0 Å². The van der Waals surface area contributed by atoms with Gasteiger partial charge in [-0.15, -0.1) is 0 Å². The molecule has 1 aliphatic heterocycles. The Morgan fingerprint density at radius 1 is 1.69 bits per heavy atom. The Bertz CT molecular complexity index is 158. The number of hydrogen-bond donors (Lipinski definition) is 1. The fourth-order valence-corrected chi connectivity index (χ4v) is 1.68. The second-order valence-electron chi connectivity index (χ2n) is 3.90. The van der Waals surface area contributed by atoms with Gasteiger partial charge in [-0.25, -0.2) is 5.43 Å². The van der Waals surface area contributed by atoms with Crippen LogP contribution in [-0.2, 0) is 0 Å². The van der Waals surface area contributed by atoms with E-state index in [9.17, 15) is 0 Å². The maximum atomic E-state index is 3.67. The first kappa shape index (κ1) is 10.5. The van der Waals surface area contributed by atoms with Crippen LogP contribution in [0.5, 0.6) is 0 Å². The lowest BCUT2D eigenvalue weighted by Crippen LogP contribution is -2.36. The summed E-state index contributed by atoms with van der Waals surface area (Å²) in [6.07, 6.45) is 3.14.